The van der Waals surface area contributed by atoms with Crippen LogP contribution in [0.15, 0.2) is 0 Å². The Balaban J connectivity index is 3.56. The van der Waals surface area contributed by atoms with Gasteiger partial charge in [0.15, 0.2) is 23.3 Å². The van der Waals surface area contributed by atoms with Crippen LogP contribution in [0.1, 0.15) is 11.1 Å². The predicted octanol–water partition coefficient (Wildman–Crippen LogP) is 2.89. The van der Waals surface area contributed by atoms with E-state index in [-0.39, 0.29) is 0 Å². The Bertz CT molecular complexity index is 316. The molecule has 0 saturated carbocycles. The van der Waals surface area contributed by atoms with E-state index >= 15 is 0 Å². The van der Waals surface area contributed by atoms with Crippen molar-refractivity contribution < 1.29 is 22.0 Å². The lowest BCUT2D eigenvalue weighted by molar-refractivity contribution is 0.393. The summed E-state index contributed by atoms with van der Waals surface area (Å²) in [5.74, 6) is -6.78. The molecule has 0 atom stereocenters. The Labute approximate surface area is 71.0 Å². The Morgan fingerprint density at radius 3 is 1.54 bits per heavy atom. The van der Waals surface area contributed by atoms with Crippen LogP contribution in [0.4, 0.5) is 22.0 Å². The van der Waals surface area contributed by atoms with Crippen molar-refractivity contribution in [2.45, 2.75) is 6.67 Å². The molecule has 0 fully saturated rings. The second-order valence-electron chi connectivity index (χ2n) is 2.35. The Kier molecular flexibility index (Phi) is 2.54. The summed E-state index contributed by atoms with van der Waals surface area (Å²) in [4.78, 5) is 0. The summed E-state index contributed by atoms with van der Waals surface area (Å²) in [6, 6.07) is 0. The SMILES string of the molecule is [CH2]c1c(F)c(F)c(CF)c(F)c1F. The second kappa shape index (κ2) is 3.32. The molecule has 0 spiro atoms. The molecule has 0 aliphatic carbocycles. The summed E-state index contributed by atoms with van der Waals surface area (Å²) < 4.78 is 62.4. The number of alkyl halides is 1. The molecule has 0 aliphatic rings. The van der Waals surface area contributed by atoms with Crippen molar-refractivity contribution in [3.8, 4) is 0 Å². The number of benzene rings is 1. The summed E-state index contributed by atoms with van der Waals surface area (Å²) in [5.41, 5.74) is -2.28. The van der Waals surface area contributed by atoms with E-state index in [0.29, 0.717) is 0 Å². The first-order valence-electron chi connectivity index (χ1n) is 3.23. The molecule has 0 bridgehead atoms. The normalized spacial score (nSPS) is 10.6. The maximum Gasteiger partial charge on any atom is 0.168 e. The molecule has 1 rings (SSSR count). The predicted molar refractivity (Wildman–Crippen MR) is 35.5 cm³/mol. The largest absolute Gasteiger partial charge is 0.246 e. The highest BCUT2D eigenvalue weighted by atomic mass is 19.2. The lowest BCUT2D eigenvalue weighted by Gasteiger charge is -2.05. The average Bonchev–Trinajstić information content (AvgIpc) is 2.13. The summed E-state index contributed by atoms with van der Waals surface area (Å²) in [7, 11) is 0. The maximum atomic E-state index is 12.6. The molecular formula is C8H4F5. The van der Waals surface area contributed by atoms with Crippen LogP contribution in [0, 0.1) is 30.2 Å². The number of hydrogen-bond donors (Lipinski definition) is 0. The van der Waals surface area contributed by atoms with Crippen LogP contribution >= 0.6 is 0 Å². The molecule has 0 unspecified atom stereocenters. The van der Waals surface area contributed by atoms with Gasteiger partial charge in [0.05, 0.1) is 5.56 Å². The molecule has 0 nitrogen and oxygen atoms in total. The standard InChI is InChI=1S/C8H4F5/c1-3-5(10)7(12)4(2-9)8(13)6(3)11/h1-2H2. The summed E-state index contributed by atoms with van der Waals surface area (Å²) in [6.45, 7) is 1.16. The fourth-order valence-corrected chi connectivity index (χ4v) is 0.840. The van der Waals surface area contributed by atoms with Gasteiger partial charge in [0.2, 0.25) is 0 Å². The van der Waals surface area contributed by atoms with Gasteiger partial charge in [-0.2, -0.15) is 0 Å². The van der Waals surface area contributed by atoms with E-state index in [1.54, 1.807) is 0 Å². The van der Waals surface area contributed by atoms with Gasteiger partial charge < -0.3 is 0 Å². The molecule has 1 aromatic rings. The lowest BCUT2D eigenvalue weighted by Crippen LogP contribution is -2.04. The minimum Gasteiger partial charge on any atom is -0.246 e. The monoisotopic (exact) mass is 195 g/mol. The van der Waals surface area contributed by atoms with Gasteiger partial charge in [0.25, 0.3) is 0 Å². The summed E-state index contributed by atoms with van der Waals surface area (Å²) in [6.07, 6.45) is 0. The topological polar surface area (TPSA) is 0 Å². The second-order valence-corrected chi connectivity index (χ2v) is 2.35. The van der Waals surface area contributed by atoms with E-state index in [1.165, 1.54) is 0 Å². The van der Waals surface area contributed by atoms with Gasteiger partial charge in [-0.1, -0.05) is 0 Å². The minimum atomic E-state index is -1.73. The molecule has 0 aromatic heterocycles. The third-order valence-corrected chi connectivity index (χ3v) is 1.58. The van der Waals surface area contributed by atoms with Crippen LogP contribution in [0.5, 0.6) is 0 Å². The van der Waals surface area contributed by atoms with Crippen LogP contribution in [-0.2, 0) is 6.67 Å². The smallest absolute Gasteiger partial charge is 0.168 e. The Morgan fingerprint density at radius 2 is 1.23 bits per heavy atom. The van der Waals surface area contributed by atoms with Crippen molar-refractivity contribution in [2.75, 3.05) is 0 Å². The van der Waals surface area contributed by atoms with E-state index in [4.69, 9.17) is 0 Å². The van der Waals surface area contributed by atoms with Gasteiger partial charge in [-0.05, 0) is 6.92 Å². The molecule has 13 heavy (non-hydrogen) atoms. The van der Waals surface area contributed by atoms with Gasteiger partial charge in [-0.25, -0.2) is 22.0 Å². The Hall–Kier alpha value is -1.13. The highest BCUT2D eigenvalue weighted by Gasteiger charge is 2.22. The zero-order chi connectivity index (χ0) is 10.2. The molecule has 71 valence electrons. The number of hydrogen-bond acceptors (Lipinski definition) is 0. The van der Waals surface area contributed by atoms with E-state index in [0.717, 1.165) is 0 Å². The van der Waals surface area contributed by atoms with Crippen molar-refractivity contribution in [3.05, 3.63) is 41.3 Å². The molecule has 0 heterocycles. The average molecular weight is 195 g/mol. The van der Waals surface area contributed by atoms with Crippen molar-refractivity contribution in [2.24, 2.45) is 0 Å². The lowest BCUT2D eigenvalue weighted by atomic mass is 10.1. The van der Waals surface area contributed by atoms with Crippen LogP contribution in [0.3, 0.4) is 0 Å². The van der Waals surface area contributed by atoms with Crippen LogP contribution in [0.25, 0.3) is 0 Å². The van der Waals surface area contributed by atoms with Crippen molar-refractivity contribution in [3.63, 3.8) is 0 Å². The molecule has 5 heteroatoms. The van der Waals surface area contributed by atoms with Crippen molar-refractivity contribution >= 4 is 0 Å². The highest BCUT2D eigenvalue weighted by Crippen LogP contribution is 2.23. The van der Waals surface area contributed by atoms with Gasteiger partial charge in [-0.3, -0.25) is 0 Å². The van der Waals surface area contributed by atoms with Gasteiger partial charge >= 0.3 is 0 Å². The number of halogens is 5. The van der Waals surface area contributed by atoms with Gasteiger partial charge in [0.1, 0.15) is 6.67 Å². The first-order chi connectivity index (χ1) is 6.00. The minimum absolute atomic E-state index is 1.03. The van der Waals surface area contributed by atoms with E-state index in [1.807, 2.05) is 0 Å². The third kappa shape index (κ3) is 1.38. The van der Waals surface area contributed by atoms with Crippen LogP contribution in [0.2, 0.25) is 0 Å². The van der Waals surface area contributed by atoms with Gasteiger partial charge in [0, 0.05) is 5.56 Å². The van der Waals surface area contributed by atoms with Gasteiger partial charge in [-0.15, -0.1) is 0 Å². The van der Waals surface area contributed by atoms with Crippen LogP contribution < -0.4 is 0 Å². The molecular weight excluding hydrogens is 191 g/mol. The third-order valence-electron chi connectivity index (χ3n) is 1.58. The Morgan fingerprint density at radius 1 is 0.846 bits per heavy atom. The zero-order valence-electron chi connectivity index (χ0n) is 6.30. The van der Waals surface area contributed by atoms with E-state index in [2.05, 4.69) is 6.92 Å². The molecule has 0 amide bonds. The maximum absolute atomic E-state index is 12.6. The first-order valence-corrected chi connectivity index (χ1v) is 3.23. The first kappa shape index (κ1) is 9.95. The molecule has 0 N–H and O–H groups in total. The molecule has 0 aliphatic heterocycles. The zero-order valence-corrected chi connectivity index (χ0v) is 6.30. The molecule has 1 radical (unpaired) electrons. The fraction of sp³-hybridized carbons (Fsp3) is 0.125. The van der Waals surface area contributed by atoms with E-state index in [9.17, 15) is 22.0 Å². The highest BCUT2D eigenvalue weighted by molar-refractivity contribution is 5.31. The van der Waals surface area contributed by atoms with Crippen molar-refractivity contribution in [1.82, 2.24) is 0 Å². The van der Waals surface area contributed by atoms with E-state index < -0.39 is 41.1 Å². The molecule has 1 aromatic carbocycles. The quantitative estimate of drug-likeness (QED) is 0.477. The summed E-state index contributed by atoms with van der Waals surface area (Å²) >= 11 is 0. The fourth-order valence-electron chi connectivity index (χ4n) is 0.840. The van der Waals surface area contributed by atoms with Crippen LogP contribution in [-0.4, -0.2) is 0 Å². The van der Waals surface area contributed by atoms with Crippen molar-refractivity contribution in [1.29, 1.82) is 0 Å². The summed E-state index contributed by atoms with van der Waals surface area (Å²) in [5, 5.41) is 0. The molecule has 0 saturated heterocycles. The number of rotatable bonds is 1.